The zero-order valence-electron chi connectivity index (χ0n) is 11.9. The molecule has 0 saturated carbocycles. The third-order valence-corrected chi connectivity index (χ3v) is 3.35. The number of aliphatic hydroxyl groups is 1. The number of nitrogens with two attached hydrogens (primary N) is 1. The van der Waals surface area contributed by atoms with E-state index in [2.05, 4.69) is 27.2 Å². The molecule has 2 unspecified atom stereocenters. The van der Waals surface area contributed by atoms with Crippen LogP contribution in [0.1, 0.15) is 33.1 Å². The monoisotopic (exact) mass is 275 g/mol. The van der Waals surface area contributed by atoms with E-state index >= 15 is 0 Å². The maximum Gasteiger partial charge on any atom is 0.222 e. The van der Waals surface area contributed by atoms with Crippen molar-refractivity contribution >= 4 is 22.7 Å². The fraction of sp³-hybridized carbons (Fsp3) is 0.500. The Hall–Kier alpha value is -1.95. The molecule has 6 heteroatoms. The van der Waals surface area contributed by atoms with Crippen LogP contribution >= 0.6 is 0 Å². The van der Waals surface area contributed by atoms with Crippen molar-refractivity contribution in [2.75, 3.05) is 11.1 Å². The molecule has 2 atom stereocenters. The van der Waals surface area contributed by atoms with Gasteiger partial charge in [0, 0.05) is 17.5 Å². The first-order valence-electron chi connectivity index (χ1n) is 6.93. The van der Waals surface area contributed by atoms with E-state index in [1.165, 1.54) is 0 Å². The lowest BCUT2D eigenvalue weighted by molar-refractivity contribution is 0.136. The normalized spacial score (nSPS) is 14.2. The molecular formula is C14H21N5O. The van der Waals surface area contributed by atoms with Gasteiger partial charge in [0.05, 0.1) is 11.7 Å². The quantitative estimate of drug-likeness (QED) is 0.699. The van der Waals surface area contributed by atoms with Gasteiger partial charge in [-0.2, -0.15) is 4.98 Å². The summed E-state index contributed by atoms with van der Waals surface area (Å²) in [7, 11) is 0. The maximum absolute atomic E-state index is 10.2. The molecule has 0 aliphatic heterocycles. The molecule has 0 aliphatic rings. The van der Waals surface area contributed by atoms with Gasteiger partial charge in [0.2, 0.25) is 5.95 Å². The number of unbranched alkanes of at least 4 members (excludes halogenated alkanes) is 1. The van der Waals surface area contributed by atoms with Gasteiger partial charge in [-0.1, -0.05) is 26.7 Å². The molecule has 2 heterocycles. The number of aliphatic hydroxyl groups excluding tert-OH is 1. The van der Waals surface area contributed by atoms with Gasteiger partial charge in [0.15, 0.2) is 0 Å². The number of fused-ring (bicyclic) bond motifs is 1. The van der Waals surface area contributed by atoms with Gasteiger partial charge in [-0.05, 0) is 12.5 Å². The van der Waals surface area contributed by atoms with Gasteiger partial charge < -0.3 is 16.2 Å². The Morgan fingerprint density at radius 1 is 1.40 bits per heavy atom. The minimum atomic E-state index is -0.660. The third-order valence-electron chi connectivity index (χ3n) is 3.35. The van der Waals surface area contributed by atoms with Crippen LogP contribution in [-0.4, -0.2) is 26.3 Å². The van der Waals surface area contributed by atoms with E-state index in [9.17, 15) is 5.11 Å². The Balaban J connectivity index is 2.20. The molecule has 2 aromatic heterocycles. The van der Waals surface area contributed by atoms with Crippen LogP contribution in [0.5, 0.6) is 0 Å². The fourth-order valence-electron chi connectivity index (χ4n) is 2.07. The highest BCUT2D eigenvalue weighted by molar-refractivity contribution is 5.89. The van der Waals surface area contributed by atoms with Crippen LogP contribution in [0.3, 0.4) is 0 Å². The second kappa shape index (κ2) is 6.47. The molecule has 0 amide bonds. The van der Waals surface area contributed by atoms with Gasteiger partial charge in [-0.15, -0.1) is 0 Å². The number of anilines is 2. The van der Waals surface area contributed by atoms with Crippen LogP contribution in [0.2, 0.25) is 0 Å². The van der Waals surface area contributed by atoms with Crippen molar-refractivity contribution in [1.29, 1.82) is 0 Å². The summed E-state index contributed by atoms with van der Waals surface area (Å²) in [6.07, 6.45) is 5.81. The first-order chi connectivity index (χ1) is 9.61. The molecule has 0 radical (unpaired) electrons. The molecule has 0 fully saturated rings. The van der Waals surface area contributed by atoms with Crippen LogP contribution in [0, 0.1) is 5.92 Å². The number of rotatable bonds is 6. The number of pyridine rings is 1. The first kappa shape index (κ1) is 14.5. The summed E-state index contributed by atoms with van der Waals surface area (Å²) in [5.74, 6) is 0.857. The van der Waals surface area contributed by atoms with Gasteiger partial charge >= 0.3 is 0 Å². The van der Waals surface area contributed by atoms with E-state index in [1.54, 1.807) is 18.5 Å². The highest BCUT2D eigenvalue weighted by atomic mass is 16.3. The predicted octanol–water partition coefficient (Wildman–Crippen LogP) is 2.16. The van der Waals surface area contributed by atoms with Gasteiger partial charge in [-0.3, -0.25) is 4.98 Å². The number of nitrogens with one attached hydrogen (secondary N) is 1. The summed E-state index contributed by atoms with van der Waals surface area (Å²) in [5.41, 5.74) is 6.35. The van der Waals surface area contributed by atoms with Crippen molar-refractivity contribution in [2.45, 2.75) is 39.3 Å². The molecule has 0 aliphatic carbocycles. The maximum atomic E-state index is 10.2. The predicted molar refractivity (Wildman–Crippen MR) is 80.1 cm³/mol. The third kappa shape index (κ3) is 3.33. The minimum absolute atomic E-state index is 0.142. The summed E-state index contributed by atoms with van der Waals surface area (Å²) in [5, 5.41) is 14.1. The molecule has 2 rings (SSSR count). The molecule has 0 spiro atoms. The SMILES string of the molecule is CCCCC(C)C(O)Nc1nc(N)nc2cnccc12. The highest BCUT2D eigenvalue weighted by Crippen LogP contribution is 2.22. The zero-order chi connectivity index (χ0) is 14.5. The number of aromatic nitrogens is 3. The highest BCUT2D eigenvalue weighted by Gasteiger charge is 2.16. The number of nitrogen functional groups attached to an aromatic ring is 1. The van der Waals surface area contributed by atoms with Crippen molar-refractivity contribution in [2.24, 2.45) is 5.92 Å². The zero-order valence-corrected chi connectivity index (χ0v) is 11.9. The number of nitrogens with zero attached hydrogens (tertiary/aromatic N) is 3. The van der Waals surface area contributed by atoms with Crippen molar-refractivity contribution in [3.05, 3.63) is 18.5 Å². The Bertz CT molecular complexity index is 574. The van der Waals surface area contributed by atoms with Crippen molar-refractivity contribution in [3.8, 4) is 0 Å². The van der Waals surface area contributed by atoms with Crippen molar-refractivity contribution in [1.82, 2.24) is 15.0 Å². The van der Waals surface area contributed by atoms with Crippen molar-refractivity contribution in [3.63, 3.8) is 0 Å². The lowest BCUT2D eigenvalue weighted by atomic mass is 10.0. The molecule has 0 bridgehead atoms. The molecular weight excluding hydrogens is 254 g/mol. The molecule has 6 nitrogen and oxygen atoms in total. The van der Waals surface area contributed by atoms with E-state index in [-0.39, 0.29) is 11.9 Å². The smallest absolute Gasteiger partial charge is 0.222 e. The Labute approximate surface area is 118 Å². The average molecular weight is 275 g/mol. The molecule has 20 heavy (non-hydrogen) atoms. The average Bonchev–Trinajstić information content (AvgIpc) is 2.44. The summed E-state index contributed by atoms with van der Waals surface area (Å²) >= 11 is 0. The van der Waals surface area contributed by atoms with E-state index in [4.69, 9.17) is 5.73 Å². The molecule has 0 aromatic carbocycles. The van der Waals surface area contributed by atoms with E-state index in [0.29, 0.717) is 11.3 Å². The molecule has 4 N–H and O–H groups in total. The fourth-order valence-corrected chi connectivity index (χ4v) is 2.07. The standard InChI is InChI=1S/C14H21N5O/c1-3-4-5-9(2)13(20)18-12-10-6-7-16-8-11(10)17-14(15)19-12/h6-9,13,20H,3-5H2,1-2H3,(H3,15,17,18,19). The molecule has 108 valence electrons. The first-order valence-corrected chi connectivity index (χ1v) is 6.93. The Morgan fingerprint density at radius 3 is 2.95 bits per heavy atom. The van der Waals surface area contributed by atoms with Gasteiger partial charge in [0.1, 0.15) is 12.0 Å². The summed E-state index contributed by atoms with van der Waals surface area (Å²) in [4.78, 5) is 12.3. The van der Waals surface area contributed by atoms with Crippen LogP contribution < -0.4 is 11.1 Å². The van der Waals surface area contributed by atoms with Crippen LogP contribution in [0.25, 0.3) is 10.9 Å². The van der Waals surface area contributed by atoms with E-state index in [0.717, 1.165) is 24.6 Å². The second-order valence-electron chi connectivity index (χ2n) is 5.03. The van der Waals surface area contributed by atoms with Crippen molar-refractivity contribution < 1.29 is 5.11 Å². The topological polar surface area (TPSA) is 97.0 Å². The number of hydrogen-bond donors (Lipinski definition) is 3. The Morgan fingerprint density at radius 2 is 2.20 bits per heavy atom. The lowest BCUT2D eigenvalue weighted by Crippen LogP contribution is -2.27. The summed E-state index contributed by atoms with van der Waals surface area (Å²) in [6.45, 7) is 4.15. The molecule has 2 aromatic rings. The van der Waals surface area contributed by atoms with Gasteiger partial charge in [-0.25, -0.2) is 4.98 Å². The number of hydrogen-bond acceptors (Lipinski definition) is 6. The van der Waals surface area contributed by atoms with Crippen LogP contribution in [0.15, 0.2) is 18.5 Å². The molecule has 0 saturated heterocycles. The summed E-state index contributed by atoms with van der Waals surface area (Å²) in [6, 6.07) is 1.81. The second-order valence-corrected chi connectivity index (χ2v) is 5.03. The van der Waals surface area contributed by atoms with Gasteiger partial charge in [0.25, 0.3) is 0 Å². The van der Waals surface area contributed by atoms with E-state index in [1.807, 2.05) is 6.92 Å². The van der Waals surface area contributed by atoms with Crippen LogP contribution in [-0.2, 0) is 0 Å². The van der Waals surface area contributed by atoms with Crippen LogP contribution in [0.4, 0.5) is 11.8 Å². The van der Waals surface area contributed by atoms with E-state index < -0.39 is 6.23 Å². The summed E-state index contributed by atoms with van der Waals surface area (Å²) < 4.78 is 0. The minimum Gasteiger partial charge on any atom is -0.373 e. The lowest BCUT2D eigenvalue weighted by Gasteiger charge is -2.21. The Kier molecular flexibility index (Phi) is 4.68. The largest absolute Gasteiger partial charge is 0.373 e.